The molecule has 2 rings (SSSR count). The van der Waals surface area contributed by atoms with Crippen LogP contribution in [0.25, 0.3) is 10.9 Å². The molecule has 18 heavy (non-hydrogen) atoms. The number of nitrogens with zero attached hydrogens (tertiary/aromatic N) is 2. The summed E-state index contributed by atoms with van der Waals surface area (Å²) in [5.41, 5.74) is -0.0238. The molecule has 92 valence electrons. The van der Waals surface area contributed by atoms with E-state index in [0.29, 0.717) is 6.07 Å². The summed E-state index contributed by atoms with van der Waals surface area (Å²) in [5, 5.41) is 17.7. The van der Waals surface area contributed by atoms with Crippen molar-refractivity contribution in [3.63, 3.8) is 0 Å². The molecule has 0 aliphatic carbocycles. The zero-order valence-corrected chi connectivity index (χ0v) is 9.15. The highest BCUT2D eigenvalue weighted by Gasteiger charge is 2.14. The van der Waals surface area contributed by atoms with Gasteiger partial charge in [-0.2, -0.15) is 5.26 Å². The van der Waals surface area contributed by atoms with Crippen molar-refractivity contribution in [3.8, 4) is 11.8 Å². The molecular formula is C12H8F2N2O2. The molecule has 2 aromatic rings. The van der Waals surface area contributed by atoms with Gasteiger partial charge in [-0.25, -0.2) is 8.78 Å². The summed E-state index contributed by atoms with van der Waals surface area (Å²) in [6, 6.07) is 3.57. The minimum Gasteiger partial charge on any atom is -0.489 e. The number of aliphatic hydroxyl groups excluding tert-OH is 1. The first kappa shape index (κ1) is 12.2. The predicted octanol–water partition coefficient (Wildman–Crippen LogP) is 1.76. The molecule has 0 unspecified atom stereocenters. The molecule has 0 saturated heterocycles. The maximum atomic E-state index is 13.5. The Labute approximate surface area is 101 Å². The Kier molecular flexibility index (Phi) is 3.35. The minimum atomic E-state index is -0.830. The number of hydrogen-bond donors (Lipinski definition) is 1. The van der Waals surface area contributed by atoms with Crippen LogP contribution in [0.3, 0.4) is 0 Å². The third-order valence-electron chi connectivity index (χ3n) is 2.30. The second kappa shape index (κ2) is 4.94. The van der Waals surface area contributed by atoms with Crippen LogP contribution >= 0.6 is 0 Å². The lowest BCUT2D eigenvalue weighted by Gasteiger charge is -2.10. The van der Waals surface area contributed by atoms with E-state index in [9.17, 15) is 8.78 Å². The molecule has 0 aliphatic heterocycles. The van der Waals surface area contributed by atoms with Crippen LogP contribution < -0.4 is 4.74 Å². The van der Waals surface area contributed by atoms with Gasteiger partial charge in [0.1, 0.15) is 35.3 Å². The Balaban J connectivity index is 2.72. The summed E-state index contributed by atoms with van der Waals surface area (Å²) in [4.78, 5) is 3.75. The molecule has 0 bridgehead atoms. The van der Waals surface area contributed by atoms with Crippen LogP contribution in [0, 0.1) is 23.0 Å². The summed E-state index contributed by atoms with van der Waals surface area (Å²) in [6.07, 6.45) is 1.15. The number of halogens is 2. The molecule has 1 aromatic heterocycles. The van der Waals surface area contributed by atoms with Gasteiger partial charge in [-0.1, -0.05) is 0 Å². The molecule has 0 saturated carbocycles. The summed E-state index contributed by atoms with van der Waals surface area (Å²) in [5.74, 6) is -1.59. The number of rotatable bonds is 3. The van der Waals surface area contributed by atoms with Crippen LogP contribution in [-0.2, 0) is 0 Å². The van der Waals surface area contributed by atoms with Gasteiger partial charge in [-0.05, 0) is 6.07 Å². The van der Waals surface area contributed by atoms with Crippen molar-refractivity contribution in [2.24, 2.45) is 0 Å². The second-order valence-corrected chi connectivity index (χ2v) is 3.47. The smallest absolute Gasteiger partial charge is 0.152 e. The second-order valence-electron chi connectivity index (χ2n) is 3.47. The molecule has 4 nitrogen and oxygen atoms in total. The van der Waals surface area contributed by atoms with Gasteiger partial charge in [0, 0.05) is 17.6 Å². The zero-order chi connectivity index (χ0) is 13.1. The van der Waals surface area contributed by atoms with Crippen molar-refractivity contribution in [1.29, 1.82) is 5.26 Å². The van der Waals surface area contributed by atoms with E-state index >= 15 is 0 Å². The van der Waals surface area contributed by atoms with Crippen LogP contribution in [0.5, 0.6) is 5.75 Å². The highest BCUT2D eigenvalue weighted by atomic mass is 19.1. The minimum absolute atomic E-state index is 0.0231. The topological polar surface area (TPSA) is 66.1 Å². The van der Waals surface area contributed by atoms with E-state index in [4.69, 9.17) is 15.1 Å². The molecule has 0 fully saturated rings. The lowest BCUT2D eigenvalue weighted by molar-refractivity contribution is 0.202. The normalized spacial score (nSPS) is 10.3. The number of nitriles is 1. The predicted molar refractivity (Wildman–Crippen MR) is 59.0 cm³/mol. The first-order valence-corrected chi connectivity index (χ1v) is 5.09. The number of fused-ring (bicyclic) bond motifs is 1. The van der Waals surface area contributed by atoms with Crippen LogP contribution in [0.2, 0.25) is 0 Å². The van der Waals surface area contributed by atoms with E-state index in [1.807, 2.05) is 6.07 Å². The quantitative estimate of drug-likeness (QED) is 0.901. The standard InChI is InChI=1S/C12H8F2N2O2/c13-8-3-9-11(10(14)4-8)16-6-7(5-15)12(9)18-2-1-17/h3-4,6,17H,1-2H2. The molecule has 0 aliphatic rings. The number of pyridine rings is 1. The Morgan fingerprint density at radius 2 is 2.17 bits per heavy atom. The van der Waals surface area contributed by atoms with Crippen molar-refractivity contribution < 1.29 is 18.6 Å². The van der Waals surface area contributed by atoms with E-state index in [1.54, 1.807) is 0 Å². The van der Waals surface area contributed by atoms with E-state index in [2.05, 4.69) is 4.98 Å². The Morgan fingerprint density at radius 3 is 2.83 bits per heavy atom. The van der Waals surface area contributed by atoms with Crippen LogP contribution in [-0.4, -0.2) is 23.3 Å². The molecule has 0 atom stereocenters. The number of benzene rings is 1. The fourth-order valence-electron chi connectivity index (χ4n) is 1.59. The average Bonchev–Trinajstić information content (AvgIpc) is 2.35. The Bertz CT molecular complexity index is 638. The van der Waals surface area contributed by atoms with Gasteiger partial charge in [-0.3, -0.25) is 4.98 Å². The van der Waals surface area contributed by atoms with Crippen molar-refractivity contribution in [2.75, 3.05) is 13.2 Å². The van der Waals surface area contributed by atoms with E-state index in [0.717, 1.165) is 12.3 Å². The molecular weight excluding hydrogens is 242 g/mol. The number of hydrogen-bond acceptors (Lipinski definition) is 4. The molecule has 1 aromatic carbocycles. The lowest BCUT2D eigenvalue weighted by Crippen LogP contribution is -2.04. The molecule has 1 heterocycles. The molecule has 6 heteroatoms. The van der Waals surface area contributed by atoms with Gasteiger partial charge in [0.2, 0.25) is 0 Å². The van der Waals surface area contributed by atoms with E-state index in [1.165, 1.54) is 0 Å². The van der Waals surface area contributed by atoms with Crippen molar-refractivity contribution in [2.45, 2.75) is 0 Å². The number of ether oxygens (including phenoxy) is 1. The Hall–Kier alpha value is -2.26. The summed E-state index contributed by atoms with van der Waals surface area (Å²) < 4.78 is 31.8. The monoisotopic (exact) mass is 250 g/mol. The fourth-order valence-corrected chi connectivity index (χ4v) is 1.59. The third kappa shape index (κ3) is 2.08. The average molecular weight is 250 g/mol. The largest absolute Gasteiger partial charge is 0.489 e. The molecule has 0 radical (unpaired) electrons. The summed E-state index contributed by atoms with van der Waals surface area (Å²) in [7, 11) is 0. The lowest BCUT2D eigenvalue weighted by atomic mass is 10.1. The molecule has 1 N–H and O–H groups in total. The zero-order valence-electron chi connectivity index (χ0n) is 9.15. The van der Waals surface area contributed by atoms with Gasteiger partial charge in [0.15, 0.2) is 5.82 Å². The maximum absolute atomic E-state index is 13.5. The highest BCUT2D eigenvalue weighted by molar-refractivity contribution is 5.87. The van der Waals surface area contributed by atoms with Gasteiger partial charge in [0.05, 0.1) is 6.61 Å². The summed E-state index contributed by atoms with van der Waals surface area (Å²) in [6.45, 7) is -0.349. The van der Waals surface area contributed by atoms with Gasteiger partial charge in [-0.15, -0.1) is 0 Å². The first-order valence-electron chi connectivity index (χ1n) is 5.09. The maximum Gasteiger partial charge on any atom is 0.152 e. The van der Waals surface area contributed by atoms with Crippen molar-refractivity contribution >= 4 is 10.9 Å². The van der Waals surface area contributed by atoms with Gasteiger partial charge < -0.3 is 9.84 Å². The van der Waals surface area contributed by atoms with Crippen LogP contribution in [0.1, 0.15) is 5.56 Å². The SMILES string of the molecule is N#Cc1cnc2c(F)cc(F)cc2c1OCCO. The third-order valence-corrected chi connectivity index (χ3v) is 2.30. The van der Waals surface area contributed by atoms with E-state index < -0.39 is 11.6 Å². The van der Waals surface area contributed by atoms with Gasteiger partial charge in [0.25, 0.3) is 0 Å². The fraction of sp³-hybridized carbons (Fsp3) is 0.167. The molecule has 0 spiro atoms. The highest BCUT2D eigenvalue weighted by Crippen LogP contribution is 2.30. The van der Waals surface area contributed by atoms with Crippen LogP contribution in [0.15, 0.2) is 18.3 Å². The van der Waals surface area contributed by atoms with Gasteiger partial charge >= 0.3 is 0 Å². The summed E-state index contributed by atoms with van der Waals surface area (Å²) >= 11 is 0. The molecule has 0 amide bonds. The first-order chi connectivity index (χ1) is 8.67. The number of aromatic nitrogens is 1. The van der Waals surface area contributed by atoms with Crippen LogP contribution in [0.4, 0.5) is 8.78 Å². The van der Waals surface area contributed by atoms with Crippen molar-refractivity contribution in [3.05, 3.63) is 35.5 Å². The van der Waals surface area contributed by atoms with Crippen molar-refractivity contribution in [1.82, 2.24) is 4.98 Å². The number of aliphatic hydroxyl groups is 1. The van der Waals surface area contributed by atoms with E-state index in [-0.39, 0.29) is 35.4 Å². The Morgan fingerprint density at radius 1 is 1.39 bits per heavy atom.